The Kier molecular flexibility index (Phi) is 4.61. The van der Waals surface area contributed by atoms with Gasteiger partial charge in [-0.05, 0) is 37.1 Å². The Morgan fingerprint density at radius 3 is 2.63 bits per heavy atom. The molecular formula is C19H13Cl2F3N4OS. The lowest BCUT2D eigenvalue weighted by Gasteiger charge is -2.35. The summed E-state index contributed by atoms with van der Waals surface area (Å²) in [6.45, 7) is 0.464. The van der Waals surface area contributed by atoms with Crippen LogP contribution >= 0.6 is 34.5 Å². The van der Waals surface area contributed by atoms with Crippen molar-refractivity contribution in [3.8, 4) is 10.7 Å². The van der Waals surface area contributed by atoms with Crippen LogP contribution in [0, 0.1) is 0 Å². The molecule has 5 rings (SSSR count). The Morgan fingerprint density at radius 2 is 1.93 bits per heavy atom. The number of hydrogen-bond acceptors (Lipinski definition) is 4. The van der Waals surface area contributed by atoms with Crippen molar-refractivity contribution in [2.45, 2.75) is 37.6 Å². The summed E-state index contributed by atoms with van der Waals surface area (Å²) in [4.78, 5) is 15.7. The fourth-order valence-corrected chi connectivity index (χ4v) is 5.60. The third-order valence-electron chi connectivity index (χ3n) is 5.54. The van der Waals surface area contributed by atoms with Gasteiger partial charge in [0.1, 0.15) is 0 Å². The number of carbonyl (C=O) groups excluding carboxylic acids is 1. The van der Waals surface area contributed by atoms with Crippen molar-refractivity contribution in [2.75, 3.05) is 0 Å². The number of nitrogens with zero attached hydrogens (tertiary/aromatic N) is 4. The van der Waals surface area contributed by atoms with E-state index in [1.54, 1.807) is 11.0 Å². The van der Waals surface area contributed by atoms with Crippen LogP contribution in [0.3, 0.4) is 0 Å². The Hall–Kier alpha value is -2.10. The van der Waals surface area contributed by atoms with Gasteiger partial charge in [0.05, 0.1) is 37.4 Å². The van der Waals surface area contributed by atoms with E-state index in [1.807, 2.05) is 10.6 Å². The van der Waals surface area contributed by atoms with Crippen molar-refractivity contribution < 1.29 is 18.0 Å². The normalized spacial score (nSPS) is 20.5. The van der Waals surface area contributed by atoms with E-state index >= 15 is 0 Å². The number of fused-ring (bicyclic) bond motifs is 4. The van der Waals surface area contributed by atoms with Crippen molar-refractivity contribution in [2.24, 2.45) is 0 Å². The molecule has 1 saturated heterocycles. The van der Waals surface area contributed by atoms with Gasteiger partial charge in [-0.3, -0.25) is 4.79 Å². The number of amides is 1. The molecule has 1 fully saturated rings. The van der Waals surface area contributed by atoms with Gasteiger partial charge in [0.2, 0.25) is 0 Å². The van der Waals surface area contributed by atoms with Gasteiger partial charge in [0.25, 0.3) is 5.91 Å². The Balaban J connectivity index is 1.52. The summed E-state index contributed by atoms with van der Waals surface area (Å²) in [5, 5.41) is 8.01. The first kappa shape index (κ1) is 19.8. The van der Waals surface area contributed by atoms with Crippen LogP contribution in [-0.2, 0) is 12.7 Å². The average molecular weight is 473 g/mol. The molecule has 1 aromatic carbocycles. The fourth-order valence-electron chi connectivity index (χ4n) is 4.25. The number of thiophene rings is 1. The lowest BCUT2D eigenvalue weighted by Crippen LogP contribution is -2.44. The van der Waals surface area contributed by atoms with Crippen molar-refractivity contribution >= 4 is 40.4 Å². The second kappa shape index (κ2) is 6.96. The minimum absolute atomic E-state index is 0.151. The lowest BCUT2D eigenvalue weighted by atomic mass is 10.1. The van der Waals surface area contributed by atoms with E-state index < -0.39 is 22.7 Å². The minimum Gasteiger partial charge on any atom is -0.324 e. The summed E-state index contributed by atoms with van der Waals surface area (Å²) in [7, 11) is 0. The third-order valence-corrected chi connectivity index (χ3v) is 7.17. The summed E-state index contributed by atoms with van der Waals surface area (Å²) in [5.41, 5.74) is -1.17. The summed E-state index contributed by atoms with van der Waals surface area (Å²) in [5.74, 6) is 0.788. The van der Waals surface area contributed by atoms with E-state index in [2.05, 4.69) is 10.2 Å². The summed E-state index contributed by atoms with van der Waals surface area (Å²) >= 11 is 13.4. The van der Waals surface area contributed by atoms with Crippen molar-refractivity contribution in [1.82, 2.24) is 19.7 Å². The maximum absolute atomic E-state index is 13.3. The predicted molar refractivity (Wildman–Crippen MR) is 107 cm³/mol. The van der Waals surface area contributed by atoms with Crippen LogP contribution in [0.1, 0.15) is 40.6 Å². The van der Waals surface area contributed by atoms with E-state index in [0.29, 0.717) is 29.0 Å². The molecule has 3 aromatic rings. The summed E-state index contributed by atoms with van der Waals surface area (Å²) in [6, 6.07) is 6.52. The lowest BCUT2D eigenvalue weighted by molar-refractivity contribution is -0.137. The molecule has 2 aliphatic heterocycles. The van der Waals surface area contributed by atoms with Crippen LogP contribution in [0.2, 0.25) is 9.36 Å². The molecule has 1 amide bonds. The summed E-state index contributed by atoms with van der Waals surface area (Å²) < 4.78 is 42.3. The van der Waals surface area contributed by atoms with Crippen LogP contribution in [0.15, 0.2) is 30.3 Å². The molecule has 30 heavy (non-hydrogen) atoms. The molecule has 0 aliphatic carbocycles. The highest BCUT2D eigenvalue weighted by Crippen LogP contribution is 2.44. The SMILES string of the molecule is O=C(c1cccc(C(F)(F)F)c1Cl)N1[C@@H]2CC[C@@H]1c1nnc(-c3ccc(Cl)s3)n1C2. The number of benzene rings is 1. The highest BCUT2D eigenvalue weighted by molar-refractivity contribution is 7.19. The highest BCUT2D eigenvalue weighted by Gasteiger charge is 2.46. The first-order valence-electron chi connectivity index (χ1n) is 9.13. The van der Waals surface area contributed by atoms with Gasteiger partial charge in [0, 0.05) is 6.54 Å². The maximum atomic E-state index is 13.3. The van der Waals surface area contributed by atoms with E-state index in [9.17, 15) is 18.0 Å². The number of halogens is 5. The van der Waals surface area contributed by atoms with Crippen molar-refractivity contribution in [3.63, 3.8) is 0 Å². The van der Waals surface area contributed by atoms with E-state index in [4.69, 9.17) is 23.2 Å². The molecule has 156 valence electrons. The number of hydrogen-bond donors (Lipinski definition) is 0. The molecule has 2 atom stereocenters. The topological polar surface area (TPSA) is 51.0 Å². The van der Waals surface area contributed by atoms with Crippen molar-refractivity contribution in [3.05, 3.63) is 56.6 Å². The molecule has 11 heteroatoms. The minimum atomic E-state index is -4.63. The van der Waals surface area contributed by atoms with E-state index in [0.717, 1.165) is 17.4 Å². The average Bonchev–Trinajstić information content (AvgIpc) is 3.37. The van der Waals surface area contributed by atoms with Gasteiger partial charge in [-0.1, -0.05) is 29.3 Å². The molecular weight excluding hydrogens is 460 g/mol. The van der Waals surface area contributed by atoms with Crippen LogP contribution in [-0.4, -0.2) is 31.6 Å². The van der Waals surface area contributed by atoms with Gasteiger partial charge in [-0.25, -0.2) is 0 Å². The quantitative estimate of drug-likeness (QED) is 0.481. The maximum Gasteiger partial charge on any atom is 0.417 e. The number of alkyl halides is 3. The standard InChI is InChI=1S/C19H13Cl2F3N4OS/c20-14-7-6-13(30-14)17-26-25-16-12-5-4-9(8-27(16)17)28(12)18(29)10-2-1-3-11(15(10)21)19(22,23)24/h1-3,6-7,9,12H,4-5,8H2/t9-,12-/m1/s1. The first-order chi connectivity index (χ1) is 14.3. The summed E-state index contributed by atoms with van der Waals surface area (Å²) in [6.07, 6.45) is -3.25. The number of aromatic nitrogens is 3. The first-order valence-corrected chi connectivity index (χ1v) is 10.7. The number of rotatable bonds is 2. The Bertz CT molecular complexity index is 1160. The highest BCUT2D eigenvalue weighted by atomic mass is 35.5. The molecule has 5 nitrogen and oxygen atoms in total. The molecule has 0 unspecified atom stereocenters. The molecule has 4 heterocycles. The Morgan fingerprint density at radius 1 is 1.13 bits per heavy atom. The van der Waals surface area contributed by atoms with E-state index in [-0.39, 0.29) is 17.6 Å². The molecule has 2 aromatic heterocycles. The molecule has 0 radical (unpaired) electrons. The largest absolute Gasteiger partial charge is 0.417 e. The smallest absolute Gasteiger partial charge is 0.324 e. The fraction of sp³-hybridized carbons (Fsp3) is 0.316. The van der Waals surface area contributed by atoms with Gasteiger partial charge in [-0.15, -0.1) is 21.5 Å². The number of carbonyl (C=O) groups is 1. The second-order valence-electron chi connectivity index (χ2n) is 7.22. The van der Waals surface area contributed by atoms with Gasteiger partial charge < -0.3 is 9.47 Å². The zero-order valence-electron chi connectivity index (χ0n) is 15.2. The molecule has 0 N–H and O–H groups in total. The van der Waals surface area contributed by atoms with Crippen LogP contribution in [0.4, 0.5) is 13.2 Å². The van der Waals surface area contributed by atoms with Crippen molar-refractivity contribution in [1.29, 1.82) is 0 Å². The van der Waals surface area contributed by atoms with Gasteiger partial charge in [0.15, 0.2) is 11.6 Å². The molecule has 2 bridgehead atoms. The van der Waals surface area contributed by atoms with Gasteiger partial charge in [-0.2, -0.15) is 13.2 Å². The monoisotopic (exact) mass is 472 g/mol. The molecule has 2 aliphatic rings. The second-order valence-corrected chi connectivity index (χ2v) is 9.31. The molecule has 0 spiro atoms. The van der Waals surface area contributed by atoms with Crippen LogP contribution in [0.25, 0.3) is 10.7 Å². The predicted octanol–water partition coefficient (Wildman–Crippen LogP) is 5.69. The van der Waals surface area contributed by atoms with Gasteiger partial charge >= 0.3 is 6.18 Å². The molecule has 0 saturated carbocycles. The Labute approximate surface area is 183 Å². The third kappa shape index (κ3) is 3.02. The van der Waals surface area contributed by atoms with E-state index in [1.165, 1.54) is 23.5 Å². The zero-order valence-corrected chi connectivity index (χ0v) is 17.5. The zero-order chi connectivity index (χ0) is 21.2. The van der Waals surface area contributed by atoms with Crippen LogP contribution < -0.4 is 0 Å². The van der Waals surface area contributed by atoms with Crippen LogP contribution in [0.5, 0.6) is 0 Å².